The summed E-state index contributed by atoms with van der Waals surface area (Å²) in [6, 6.07) is 10.8. The van der Waals surface area contributed by atoms with E-state index in [0.717, 1.165) is 11.1 Å². The van der Waals surface area contributed by atoms with Crippen molar-refractivity contribution in [2.45, 2.75) is 6.42 Å². The van der Waals surface area contributed by atoms with Crippen molar-refractivity contribution in [3.63, 3.8) is 0 Å². The maximum absolute atomic E-state index is 6.11. The van der Waals surface area contributed by atoms with E-state index >= 15 is 0 Å². The van der Waals surface area contributed by atoms with E-state index in [2.05, 4.69) is 0 Å². The van der Waals surface area contributed by atoms with Gasteiger partial charge in [-0.1, -0.05) is 58.5 Å². The van der Waals surface area contributed by atoms with Gasteiger partial charge in [-0.25, -0.2) is 0 Å². The number of rotatable bonds is 2. The smallest absolute Gasteiger partial charge is 0.0456 e. The fourth-order valence-electron chi connectivity index (χ4n) is 1.58. The predicted molar refractivity (Wildman–Crippen MR) is 75.7 cm³/mol. The van der Waals surface area contributed by atoms with Crippen LogP contribution in [0.25, 0.3) is 0 Å². The molecular weight excluding hydrogens is 298 g/mol. The lowest BCUT2D eigenvalue weighted by Crippen LogP contribution is -1.93. The van der Waals surface area contributed by atoms with Gasteiger partial charge in [0.25, 0.3) is 0 Å². The monoisotopic (exact) mass is 304 g/mol. The lowest BCUT2D eigenvalue weighted by Gasteiger charge is -2.10. The Kier molecular flexibility index (Phi) is 4.22. The molecular formula is C13H8Cl4. The molecule has 0 aliphatic heterocycles. The molecule has 0 amide bonds. The Morgan fingerprint density at radius 3 is 1.18 bits per heavy atom. The molecule has 0 bridgehead atoms. The minimum absolute atomic E-state index is 0.525. The first kappa shape index (κ1) is 13.0. The maximum atomic E-state index is 6.11. The number of hydrogen-bond acceptors (Lipinski definition) is 0. The zero-order valence-corrected chi connectivity index (χ0v) is 11.7. The Bertz CT molecular complexity index is 459. The van der Waals surface area contributed by atoms with Gasteiger partial charge in [-0.05, 0) is 35.4 Å². The molecule has 0 aromatic heterocycles. The number of hydrogen-bond donors (Lipinski definition) is 0. The van der Waals surface area contributed by atoms with E-state index in [1.807, 2.05) is 12.1 Å². The Balaban J connectivity index is 2.45. The molecule has 2 aromatic carbocycles. The summed E-state index contributed by atoms with van der Waals surface area (Å²) in [5.74, 6) is 0. The van der Waals surface area contributed by atoms with Crippen LogP contribution < -0.4 is 0 Å². The molecule has 0 spiro atoms. The summed E-state index contributed by atoms with van der Waals surface area (Å²) in [5, 5.41) is 2.48. The topological polar surface area (TPSA) is 0 Å². The molecule has 0 N–H and O–H groups in total. The zero-order valence-electron chi connectivity index (χ0n) is 8.68. The van der Waals surface area contributed by atoms with Gasteiger partial charge in [-0.2, -0.15) is 0 Å². The van der Waals surface area contributed by atoms with E-state index < -0.39 is 0 Å². The number of halogens is 4. The third-order valence-corrected chi connectivity index (χ3v) is 3.89. The van der Waals surface area contributed by atoms with E-state index in [1.54, 1.807) is 24.3 Å². The van der Waals surface area contributed by atoms with Crippen LogP contribution in [-0.4, -0.2) is 0 Å². The molecule has 0 fully saturated rings. The lowest BCUT2D eigenvalue weighted by molar-refractivity contribution is 1.19. The zero-order chi connectivity index (χ0) is 12.4. The van der Waals surface area contributed by atoms with Crippen molar-refractivity contribution < 1.29 is 0 Å². The Labute approximate surface area is 120 Å². The molecule has 88 valence electrons. The van der Waals surface area contributed by atoms with Gasteiger partial charge in [-0.15, -0.1) is 0 Å². The second-order valence-electron chi connectivity index (χ2n) is 3.58. The third-order valence-electron chi connectivity index (χ3n) is 2.48. The van der Waals surface area contributed by atoms with Crippen molar-refractivity contribution in [1.29, 1.82) is 0 Å². The van der Waals surface area contributed by atoms with E-state index in [0.29, 0.717) is 26.5 Å². The first-order chi connectivity index (χ1) is 8.09. The maximum Gasteiger partial charge on any atom is 0.0456 e. The van der Waals surface area contributed by atoms with E-state index in [9.17, 15) is 0 Å². The summed E-state index contributed by atoms with van der Waals surface area (Å²) in [6.45, 7) is 0. The molecule has 0 saturated heterocycles. The minimum atomic E-state index is 0.525. The summed E-state index contributed by atoms with van der Waals surface area (Å²) in [4.78, 5) is 0. The molecule has 2 aromatic rings. The first-order valence-corrected chi connectivity index (χ1v) is 6.46. The summed E-state index contributed by atoms with van der Waals surface area (Å²) < 4.78 is 0. The van der Waals surface area contributed by atoms with Crippen LogP contribution in [0.3, 0.4) is 0 Å². The first-order valence-electron chi connectivity index (χ1n) is 4.95. The van der Waals surface area contributed by atoms with E-state index in [-0.39, 0.29) is 0 Å². The SMILES string of the molecule is Clc1cccc(Cl)c1Cc1c(Cl)cccc1Cl. The van der Waals surface area contributed by atoms with Crippen LogP contribution in [0.2, 0.25) is 20.1 Å². The highest BCUT2D eigenvalue weighted by Gasteiger charge is 2.11. The molecule has 0 atom stereocenters. The molecule has 4 heteroatoms. The quantitative estimate of drug-likeness (QED) is 0.649. The second-order valence-corrected chi connectivity index (χ2v) is 5.21. The van der Waals surface area contributed by atoms with Crippen LogP contribution >= 0.6 is 46.4 Å². The van der Waals surface area contributed by atoms with E-state index in [1.165, 1.54) is 0 Å². The van der Waals surface area contributed by atoms with Gasteiger partial charge in [0, 0.05) is 26.5 Å². The third kappa shape index (κ3) is 2.89. The molecule has 17 heavy (non-hydrogen) atoms. The van der Waals surface area contributed by atoms with Crippen LogP contribution in [0.1, 0.15) is 11.1 Å². The summed E-state index contributed by atoms with van der Waals surface area (Å²) in [6.07, 6.45) is 0.525. The minimum Gasteiger partial charge on any atom is -0.0840 e. The fraction of sp³-hybridized carbons (Fsp3) is 0.0769. The van der Waals surface area contributed by atoms with Crippen LogP contribution in [0.15, 0.2) is 36.4 Å². The van der Waals surface area contributed by atoms with Gasteiger partial charge in [0.1, 0.15) is 0 Å². The Morgan fingerprint density at radius 1 is 0.588 bits per heavy atom. The van der Waals surface area contributed by atoms with Crippen LogP contribution in [-0.2, 0) is 6.42 Å². The van der Waals surface area contributed by atoms with Gasteiger partial charge in [-0.3, -0.25) is 0 Å². The fourth-order valence-corrected chi connectivity index (χ4v) is 2.64. The molecule has 0 saturated carbocycles. The van der Waals surface area contributed by atoms with Crippen molar-refractivity contribution in [2.24, 2.45) is 0 Å². The van der Waals surface area contributed by atoms with Gasteiger partial charge in [0.05, 0.1) is 0 Å². The number of benzene rings is 2. The lowest BCUT2D eigenvalue weighted by atomic mass is 10.0. The van der Waals surface area contributed by atoms with Gasteiger partial charge >= 0.3 is 0 Å². The average molecular weight is 306 g/mol. The normalized spacial score (nSPS) is 10.6. The van der Waals surface area contributed by atoms with Crippen LogP contribution in [0, 0.1) is 0 Å². The van der Waals surface area contributed by atoms with Crippen LogP contribution in [0.4, 0.5) is 0 Å². The van der Waals surface area contributed by atoms with E-state index in [4.69, 9.17) is 46.4 Å². The van der Waals surface area contributed by atoms with Crippen LogP contribution in [0.5, 0.6) is 0 Å². The highest BCUT2D eigenvalue weighted by atomic mass is 35.5. The van der Waals surface area contributed by atoms with Gasteiger partial charge in [0.2, 0.25) is 0 Å². The average Bonchev–Trinajstić information content (AvgIpc) is 2.27. The summed E-state index contributed by atoms with van der Waals surface area (Å²) >= 11 is 24.5. The predicted octanol–water partition coefficient (Wildman–Crippen LogP) is 5.89. The van der Waals surface area contributed by atoms with Crippen molar-refractivity contribution in [3.05, 3.63) is 67.6 Å². The van der Waals surface area contributed by atoms with Gasteiger partial charge < -0.3 is 0 Å². The standard InChI is InChI=1S/C13H8Cl4/c14-10-3-1-4-11(15)8(10)7-9-12(16)5-2-6-13(9)17/h1-6H,7H2. The Morgan fingerprint density at radius 2 is 0.882 bits per heavy atom. The summed E-state index contributed by atoms with van der Waals surface area (Å²) in [7, 11) is 0. The largest absolute Gasteiger partial charge is 0.0840 e. The highest BCUT2D eigenvalue weighted by Crippen LogP contribution is 2.32. The van der Waals surface area contributed by atoms with Crippen molar-refractivity contribution in [1.82, 2.24) is 0 Å². The molecule has 0 aliphatic carbocycles. The Hall–Kier alpha value is -0.400. The highest BCUT2D eigenvalue weighted by molar-refractivity contribution is 6.37. The van der Waals surface area contributed by atoms with Crippen molar-refractivity contribution >= 4 is 46.4 Å². The molecule has 0 unspecified atom stereocenters. The molecule has 0 nitrogen and oxygen atoms in total. The van der Waals surface area contributed by atoms with Crippen molar-refractivity contribution in [3.8, 4) is 0 Å². The molecule has 0 heterocycles. The van der Waals surface area contributed by atoms with Crippen molar-refractivity contribution in [2.75, 3.05) is 0 Å². The summed E-state index contributed by atoms with van der Waals surface area (Å²) in [5.41, 5.74) is 1.68. The van der Waals surface area contributed by atoms with Gasteiger partial charge in [0.15, 0.2) is 0 Å². The molecule has 0 radical (unpaired) electrons. The second kappa shape index (κ2) is 5.49. The molecule has 0 aliphatic rings. The molecule has 2 rings (SSSR count).